The van der Waals surface area contributed by atoms with Gasteiger partial charge in [-0.05, 0) is 6.42 Å². The molecular formula is C7H12ClNO2. The molecule has 0 aromatic rings. The summed E-state index contributed by atoms with van der Waals surface area (Å²) in [5, 5.41) is 2.83. The predicted octanol–water partition coefficient (Wildman–Crippen LogP) is 0.520. The summed E-state index contributed by atoms with van der Waals surface area (Å²) in [5.74, 6) is 0.633. The van der Waals surface area contributed by atoms with E-state index in [-0.39, 0.29) is 11.9 Å². The van der Waals surface area contributed by atoms with E-state index >= 15 is 0 Å². The third kappa shape index (κ3) is 3.08. The fourth-order valence-electron chi connectivity index (χ4n) is 0.846. The van der Waals surface area contributed by atoms with Gasteiger partial charge in [0.25, 0.3) is 0 Å². The zero-order valence-electron chi connectivity index (χ0n) is 6.31. The van der Waals surface area contributed by atoms with Gasteiger partial charge in [-0.1, -0.05) is 0 Å². The maximum atomic E-state index is 11.0. The molecule has 0 aromatic heterocycles. The van der Waals surface area contributed by atoms with Gasteiger partial charge in [0.05, 0.1) is 19.3 Å². The second-order valence-corrected chi connectivity index (χ2v) is 2.97. The first-order valence-corrected chi connectivity index (χ1v) is 4.29. The molecule has 0 bridgehead atoms. The largest absolute Gasteiger partial charge is 0.377 e. The summed E-state index contributed by atoms with van der Waals surface area (Å²) in [7, 11) is 0. The summed E-state index contributed by atoms with van der Waals surface area (Å²) >= 11 is 5.43. The number of carbonyl (C=O) groups is 1. The second kappa shape index (κ2) is 4.57. The molecule has 1 aliphatic heterocycles. The topological polar surface area (TPSA) is 38.3 Å². The Bertz CT molecular complexity index is 136. The summed E-state index contributed by atoms with van der Waals surface area (Å²) < 4.78 is 4.90. The zero-order valence-corrected chi connectivity index (χ0v) is 7.06. The fourth-order valence-corrected chi connectivity index (χ4v) is 0.980. The number of carbonyl (C=O) groups excluding carboxylic acids is 1. The van der Waals surface area contributed by atoms with E-state index < -0.39 is 0 Å². The molecule has 1 rings (SSSR count). The van der Waals surface area contributed by atoms with Crippen LogP contribution in [0.15, 0.2) is 0 Å². The molecule has 1 N–H and O–H groups in total. The third-order valence-corrected chi connectivity index (χ3v) is 1.81. The number of hydrogen-bond acceptors (Lipinski definition) is 2. The van der Waals surface area contributed by atoms with Crippen LogP contribution in [-0.4, -0.2) is 31.0 Å². The van der Waals surface area contributed by atoms with Crippen molar-refractivity contribution in [2.24, 2.45) is 0 Å². The van der Waals surface area contributed by atoms with E-state index in [4.69, 9.17) is 16.3 Å². The van der Waals surface area contributed by atoms with Crippen LogP contribution >= 0.6 is 11.6 Å². The summed E-state index contributed by atoms with van der Waals surface area (Å²) in [6.07, 6.45) is 1.28. The van der Waals surface area contributed by atoms with E-state index in [2.05, 4.69) is 5.32 Å². The molecular weight excluding hydrogens is 166 g/mol. The molecule has 0 aliphatic carbocycles. The molecule has 11 heavy (non-hydrogen) atoms. The number of hydrogen-bond donors (Lipinski definition) is 1. The molecule has 0 atom stereocenters. The number of nitrogens with one attached hydrogen (secondary N) is 1. The Balaban J connectivity index is 2.00. The standard InChI is InChI=1S/C7H12ClNO2/c8-3-1-2-7(10)9-6-4-11-5-6/h6H,1-5H2,(H,9,10). The van der Waals surface area contributed by atoms with E-state index in [9.17, 15) is 4.79 Å². The Kier molecular flexibility index (Phi) is 3.66. The molecule has 0 unspecified atom stereocenters. The zero-order chi connectivity index (χ0) is 8.10. The minimum absolute atomic E-state index is 0.0824. The lowest BCUT2D eigenvalue weighted by Gasteiger charge is -2.26. The lowest BCUT2D eigenvalue weighted by Crippen LogP contribution is -2.48. The molecule has 1 amide bonds. The highest BCUT2D eigenvalue weighted by molar-refractivity contribution is 6.17. The lowest BCUT2D eigenvalue weighted by molar-refractivity contribution is -0.125. The Morgan fingerprint density at radius 3 is 2.82 bits per heavy atom. The van der Waals surface area contributed by atoms with Crippen molar-refractivity contribution >= 4 is 17.5 Å². The van der Waals surface area contributed by atoms with Crippen molar-refractivity contribution in [2.75, 3.05) is 19.1 Å². The highest BCUT2D eigenvalue weighted by atomic mass is 35.5. The molecule has 0 radical (unpaired) electrons. The summed E-state index contributed by atoms with van der Waals surface area (Å²) in [6, 6.07) is 0.248. The van der Waals surface area contributed by atoms with Crippen LogP contribution in [-0.2, 0) is 9.53 Å². The first kappa shape index (κ1) is 8.81. The van der Waals surface area contributed by atoms with E-state index in [0.29, 0.717) is 25.5 Å². The van der Waals surface area contributed by atoms with E-state index in [1.165, 1.54) is 0 Å². The van der Waals surface area contributed by atoms with Crippen LogP contribution < -0.4 is 5.32 Å². The van der Waals surface area contributed by atoms with Gasteiger partial charge < -0.3 is 10.1 Å². The maximum absolute atomic E-state index is 11.0. The average molecular weight is 178 g/mol. The number of halogens is 1. The van der Waals surface area contributed by atoms with Gasteiger partial charge in [0.2, 0.25) is 5.91 Å². The maximum Gasteiger partial charge on any atom is 0.220 e. The van der Waals surface area contributed by atoms with Crippen LogP contribution in [0.5, 0.6) is 0 Å². The van der Waals surface area contributed by atoms with Gasteiger partial charge >= 0.3 is 0 Å². The molecule has 0 spiro atoms. The van der Waals surface area contributed by atoms with Crippen molar-refractivity contribution in [1.82, 2.24) is 5.32 Å². The van der Waals surface area contributed by atoms with Crippen LogP contribution in [0.3, 0.4) is 0 Å². The molecule has 1 saturated heterocycles. The van der Waals surface area contributed by atoms with E-state index in [1.807, 2.05) is 0 Å². The van der Waals surface area contributed by atoms with Crippen molar-refractivity contribution in [2.45, 2.75) is 18.9 Å². The molecule has 4 heteroatoms. The molecule has 64 valence electrons. The van der Waals surface area contributed by atoms with E-state index in [1.54, 1.807) is 0 Å². The Hall–Kier alpha value is -0.280. The van der Waals surface area contributed by atoms with Crippen molar-refractivity contribution in [1.29, 1.82) is 0 Å². The van der Waals surface area contributed by atoms with Crippen LogP contribution in [0.25, 0.3) is 0 Å². The normalized spacial score (nSPS) is 17.5. The molecule has 0 aromatic carbocycles. The summed E-state index contributed by atoms with van der Waals surface area (Å²) in [5.41, 5.74) is 0. The van der Waals surface area contributed by atoms with Gasteiger partial charge in [0, 0.05) is 12.3 Å². The van der Waals surface area contributed by atoms with Gasteiger partial charge in [-0.15, -0.1) is 11.6 Å². The Morgan fingerprint density at radius 1 is 1.64 bits per heavy atom. The number of rotatable bonds is 4. The minimum Gasteiger partial charge on any atom is -0.377 e. The van der Waals surface area contributed by atoms with Crippen LogP contribution in [0.4, 0.5) is 0 Å². The lowest BCUT2D eigenvalue weighted by atomic mass is 10.2. The first-order valence-electron chi connectivity index (χ1n) is 3.76. The first-order chi connectivity index (χ1) is 5.33. The van der Waals surface area contributed by atoms with Gasteiger partial charge in [-0.25, -0.2) is 0 Å². The number of ether oxygens (including phenoxy) is 1. The Morgan fingerprint density at radius 2 is 2.36 bits per heavy atom. The number of amides is 1. The van der Waals surface area contributed by atoms with Crippen molar-refractivity contribution in [3.63, 3.8) is 0 Å². The molecule has 1 fully saturated rings. The van der Waals surface area contributed by atoms with Crippen molar-refractivity contribution in [3.05, 3.63) is 0 Å². The smallest absolute Gasteiger partial charge is 0.220 e. The molecule has 1 aliphatic rings. The predicted molar refractivity (Wildman–Crippen MR) is 42.7 cm³/mol. The van der Waals surface area contributed by atoms with Gasteiger partial charge in [0.15, 0.2) is 0 Å². The third-order valence-electron chi connectivity index (χ3n) is 1.54. The van der Waals surface area contributed by atoms with E-state index in [0.717, 1.165) is 6.42 Å². The SMILES string of the molecule is O=C(CCCCl)NC1COC1. The van der Waals surface area contributed by atoms with Crippen LogP contribution in [0.1, 0.15) is 12.8 Å². The average Bonchev–Trinajstić information content (AvgIpc) is 1.93. The highest BCUT2D eigenvalue weighted by Gasteiger charge is 2.19. The summed E-state index contributed by atoms with van der Waals surface area (Å²) in [6.45, 7) is 1.32. The van der Waals surface area contributed by atoms with Crippen LogP contribution in [0.2, 0.25) is 0 Å². The molecule has 3 nitrogen and oxygen atoms in total. The number of alkyl halides is 1. The van der Waals surface area contributed by atoms with Crippen molar-refractivity contribution < 1.29 is 9.53 Å². The quantitative estimate of drug-likeness (QED) is 0.636. The molecule has 0 saturated carbocycles. The summed E-state index contributed by atoms with van der Waals surface area (Å²) in [4.78, 5) is 11.0. The fraction of sp³-hybridized carbons (Fsp3) is 0.857. The van der Waals surface area contributed by atoms with Crippen LogP contribution in [0, 0.1) is 0 Å². The second-order valence-electron chi connectivity index (χ2n) is 2.59. The van der Waals surface area contributed by atoms with Crippen molar-refractivity contribution in [3.8, 4) is 0 Å². The minimum atomic E-state index is 0.0824. The Labute approximate surface area is 71.1 Å². The van der Waals surface area contributed by atoms with Gasteiger partial charge in [-0.2, -0.15) is 0 Å². The highest BCUT2D eigenvalue weighted by Crippen LogP contribution is 2.00. The van der Waals surface area contributed by atoms with Gasteiger partial charge in [0.1, 0.15) is 0 Å². The van der Waals surface area contributed by atoms with Gasteiger partial charge in [-0.3, -0.25) is 4.79 Å². The molecule has 1 heterocycles. The monoisotopic (exact) mass is 177 g/mol.